The van der Waals surface area contributed by atoms with Crippen molar-refractivity contribution in [3.8, 4) is 11.4 Å². The maximum atomic E-state index is 12.2. The van der Waals surface area contributed by atoms with E-state index in [9.17, 15) is 4.79 Å². The van der Waals surface area contributed by atoms with Crippen LogP contribution in [0.25, 0.3) is 11.4 Å². The fourth-order valence-corrected chi connectivity index (χ4v) is 3.59. The van der Waals surface area contributed by atoms with Crippen molar-refractivity contribution in [3.05, 3.63) is 70.4 Å². The zero-order valence-corrected chi connectivity index (χ0v) is 15.3. The van der Waals surface area contributed by atoms with E-state index in [2.05, 4.69) is 24.8 Å². The summed E-state index contributed by atoms with van der Waals surface area (Å²) in [4.78, 5) is 34.8. The zero-order chi connectivity index (χ0) is 18.6. The number of H-pyrrole nitrogens is 1. The first kappa shape index (κ1) is 17.5. The van der Waals surface area contributed by atoms with Gasteiger partial charge in [0.2, 0.25) is 0 Å². The molecule has 1 atom stereocenters. The molecule has 4 rings (SSSR count). The van der Waals surface area contributed by atoms with Crippen LogP contribution in [-0.2, 0) is 6.54 Å². The maximum Gasteiger partial charge on any atom is 0.251 e. The fraction of sp³-hybridized carbons (Fsp3) is 0.350. The topological polar surface area (TPSA) is 87.7 Å². The molecule has 0 radical (unpaired) electrons. The van der Waals surface area contributed by atoms with Crippen LogP contribution in [0.3, 0.4) is 0 Å². The van der Waals surface area contributed by atoms with Crippen LogP contribution in [-0.4, -0.2) is 42.9 Å². The Kier molecular flexibility index (Phi) is 5.02. The summed E-state index contributed by atoms with van der Waals surface area (Å²) in [5, 5.41) is 0. The molecule has 138 valence electrons. The quantitative estimate of drug-likeness (QED) is 0.766. The van der Waals surface area contributed by atoms with Crippen LogP contribution >= 0.6 is 0 Å². The summed E-state index contributed by atoms with van der Waals surface area (Å²) < 4.78 is 0. The van der Waals surface area contributed by atoms with Gasteiger partial charge in [0.25, 0.3) is 5.56 Å². The first-order chi connectivity index (χ1) is 13.2. The first-order valence-electron chi connectivity index (χ1n) is 9.20. The molecule has 0 aromatic carbocycles. The van der Waals surface area contributed by atoms with Crippen LogP contribution in [0.2, 0.25) is 0 Å². The number of nitrogens with one attached hydrogen (secondary N) is 1. The number of nitrogens with zero attached hydrogens (tertiary/aromatic N) is 5. The van der Waals surface area contributed by atoms with Gasteiger partial charge in [-0.25, -0.2) is 15.0 Å². The number of hydrogen-bond donors (Lipinski definition) is 1. The van der Waals surface area contributed by atoms with Gasteiger partial charge in [0, 0.05) is 49.2 Å². The fourth-order valence-electron chi connectivity index (χ4n) is 3.59. The van der Waals surface area contributed by atoms with Crippen molar-refractivity contribution in [2.45, 2.75) is 32.2 Å². The molecule has 0 saturated carbocycles. The van der Waals surface area contributed by atoms with Gasteiger partial charge in [0.1, 0.15) is 11.6 Å². The smallest absolute Gasteiger partial charge is 0.251 e. The Morgan fingerprint density at radius 3 is 2.85 bits per heavy atom. The minimum absolute atomic E-state index is 0.115. The van der Waals surface area contributed by atoms with Crippen molar-refractivity contribution >= 4 is 0 Å². The highest BCUT2D eigenvalue weighted by Crippen LogP contribution is 2.26. The highest BCUT2D eigenvalue weighted by Gasteiger charge is 2.23. The molecule has 1 fully saturated rings. The number of hydrogen-bond acceptors (Lipinski definition) is 6. The van der Waals surface area contributed by atoms with E-state index >= 15 is 0 Å². The average Bonchev–Trinajstić information content (AvgIpc) is 2.68. The Balaban J connectivity index is 1.54. The minimum atomic E-state index is -0.115. The second-order valence-electron chi connectivity index (χ2n) is 6.92. The second-order valence-corrected chi connectivity index (χ2v) is 6.92. The molecule has 0 aliphatic carbocycles. The summed E-state index contributed by atoms with van der Waals surface area (Å²) in [7, 11) is 0. The normalized spacial score (nSPS) is 17.7. The van der Waals surface area contributed by atoms with Gasteiger partial charge in [-0.05, 0) is 44.5 Å². The van der Waals surface area contributed by atoms with E-state index in [1.807, 2.05) is 25.1 Å². The Labute approximate surface area is 157 Å². The minimum Gasteiger partial charge on any atom is -0.307 e. The molecule has 3 aromatic rings. The molecule has 1 N–H and O–H groups in total. The molecule has 4 heterocycles. The Morgan fingerprint density at radius 1 is 1.19 bits per heavy atom. The third-order valence-corrected chi connectivity index (χ3v) is 4.86. The lowest BCUT2D eigenvalue weighted by molar-refractivity contribution is 0.196. The van der Waals surface area contributed by atoms with Gasteiger partial charge < -0.3 is 4.98 Å². The molecular weight excluding hydrogens is 340 g/mol. The van der Waals surface area contributed by atoms with Gasteiger partial charge in [-0.15, -0.1) is 0 Å². The van der Waals surface area contributed by atoms with Gasteiger partial charge in [-0.2, -0.15) is 0 Å². The third kappa shape index (κ3) is 4.25. The molecule has 1 saturated heterocycles. The van der Waals surface area contributed by atoms with Crippen LogP contribution < -0.4 is 5.56 Å². The van der Waals surface area contributed by atoms with Gasteiger partial charge in [0.15, 0.2) is 0 Å². The van der Waals surface area contributed by atoms with E-state index in [0.717, 1.165) is 55.3 Å². The predicted octanol–water partition coefficient (Wildman–Crippen LogP) is 2.31. The van der Waals surface area contributed by atoms with Crippen molar-refractivity contribution < 1.29 is 0 Å². The monoisotopic (exact) mass is 362 g/mol. The molecule has 7 heteroatoms. The number of rotatable bonds is 4. The third-order valence-electron chi connectivity index (χ3n) is 4.86. The van der Waals surface area contributed by atoms with E-state index in [1.165, 1.54) is 0 Å². The maximum absolute atomic E-state index is 12.2. The SMILES string of the molecule is Cc1nccc(CN2CCC[C@@H](c3cc(=O)[nH]c(-c4ccncc4)n3)C2)n1. The number of aryl methyl sites for hydroxylation is 1. The summed E-state index contributed by atoms with van der Waals surface area (Å²) >= 11 is 0. The summed E-state index contributed by atoms with van der Waals surface area (Å²) in [5.74, 6) is 1.63. The number of likely N-dealkylation sites (tertiary alicyclic amines) is 1. The molecule has 1 aliphatic rings. The van der Waals surface area contributed by atoms with Gasteiger partial charge in [-0.1, -0.05) is 0 Å². The summed E-state index contributed by atoms with van der Waals surface area (Å²) in [6.45, 7) is 4.60. The second kappa shape index (κ2) is 7.75. The molecule has 27 heavy (non-hydrogen) atoms. The van der Waals surface area contributed by atoms with E-state index < -0.39 is 0 Å². The van der Waals surface area contributed by atoms with Gasteiger partial charge in [0.05, 0.1) is 11.4 Å². The largest absolute Gasteiger partial charge is 0.307 e. The Hall–Kier alpha value is -2.93. The van der Waals surface area contributed by atoms with E-state index in [1.54, 1.807) is 24.7 Å². The van der Waals surface area contributed by atoms with Crippen LogP contribution in [0, 0.1) is 6.92 Å². The van der Waals surface area contributed by atoms with E-state index in [-0.39, 0.29) is 11.5 Å². The van der Waals surface area contributed by atoms with Crippen LogP contribution in [0.1, 0.15) is 36.0 Å². The van der Waals surface area contributed by atoms with Crippen molar-refractivity contribution in [1.82, 2.24) is 29.8 Å². The molecule has 0 unspecified atom stereocenters. The zero-order valence-electron chi connectivity index (χ0n) is 15.3. The standard InChI is InChI=1S/C20H22N6O/c1-14-22-9-6-17(23-14)13-26-10-2-3-16(12-26)18-11-19(27)25-20(24-18)15-4-7-21-8-5-15/h4-9,11,16H,2-3,10,12-13H2,1H3,(H,24,25,27)/t16-/m1/s1. The van der Waals surface area contributed by atoms with Crippen molar-refractivity contribution in [3.63, 3.8) is 0 Å². The summed E-state index contributed by atoms with van der Waals surface area (Å²) in [6.07, 6.45) is 7.32. The number of piperidine rings is 1. The number of aromatic amines is 1. The molecule has 0 amide bonds. The lowest BCUT2D eigenvalue weighted by Gasteiger charge is -2.32. The summed E-state index contributed by atoms with van der Waals surface area (Å²) in [5.41, 5.74) is 2.64. The molecule has 0 spiro atoms. The molecule has 0 bridgehead atoms. The van der Waals surface area contributed by atoms with E-state index in [4.69, 9.17) is 4.98 Å². The molecule has 7 nitrogen and oxygen atoms in total. The number of pyridine rings is 1. The van der Waals surface area contributed by atoms with Gasteiger partial charge in [-0.3, -0.25) is 14.7 Å². The predicted molar refractivity (Wildman–Crippen MR) is 102 cm³/mol. The van der Waals surface area contributed by atoms with E-state index in [0.29, 0.717) is 5.82 Å². The molecular formula is C20H22N6O. The summed E-state index contributed by atoms with van der Waals surface area (Å²) in [6, 6.07) is 7.30. The van der Waals surface area contributed by atoms with Crippen LogP contribution in [0.15, 0.2) is 47.7 Å². The van der Waals surface area contributed by atoms with Crippen molar-refractivity contribution in [1.29, 1.82) is 0 Å². The van der Waals surface area contributed by atoms with Crippen molar-refractivity contribution in [2.24, 2.45) is 0 Å². The van der Waals surface area contributed by atoms with Crippen molar-refractivity contribution in [2.75, 3.05) is 13.1 Å². The van der Waals surface area contributed by atoms with Crippen LogP contribution in [0.4, 0.5) is 0 Å². The lowest BCUT2D eigenvalue weighted by atomic mass is 9.94. The molecule has 3 aromatic heterocycles. The highest BCUT2D eigenvalue weighted by atomic mass is 16.1. The first-order valence-corrected chi connectivity index (χ1v) is 9.20. The Bertz CT molecular complexity index is 971. The Morgan fingerprint density at radius 2 is 2.04 bits per heavy atom. The molecule has 1 aliphatic heterocycles. The highest BCUT2D eigenvalue weighted by molar-refractivity contribution is 5.53. The van der Waals surface area contributed by atoms with Gasteiger partial charge >= 0.3 is 0 Å². The van der Waals surface area contributed by atoms with Crippen LogP contribution in [0.5, 0.6) is 0 Å². The average molecular weight is 362 g/mol. The lowest BCUT2D eigenvalue weighted by Crippen LogP contribution is -2.35. The number of aromatic nitrogens is 5.